The Morgan fingerprint density at radius 1 is 0.955 bits per heavy atom. The number of aryl methyl sites for hydroxylation is 1. The summed E-state index contributed by atoms with van der Waals surface area (Å²) in [5.41, 5.74) is 8.64. The van der Waals surface area contributed by atoms with Crippen molar-refractivity contribution in [3.05, 3.63) is 83.1 Å². The summed E-state index contributed by atoms with van der Waals surface area (Å²) in [6, 6.07) is 17.4. The quantitative estimate of drug-likeness (QED) is 0.705. The minimum Gasteiger partial charge on any atom is -0.384 e. The third-order valence-corrected chi connectivity index (χ3v) is 4.07. The molecule has 2 aromatic rings. The summed E-state index contributed by atoms with van der Waals surface area (Å²) in [5, 5.41) is 3.47. The Kier molecular flexibility index (Phi) is 5.21. The van der Waals surface area contributed by atoms with Crippen LogP contribution >= 0.6 is 0 Å². The highest BCUT2D eigenvalue weighted by Gasteiger charge is 2.00. The largest absolute Gasteiger partial charge is 0.384 e. The Labute approximate surface area is 134 Å². The first-order valence-corrected chi connectivity index (χ1v) is 7.70. The van der Waals surface area contributed by atoms with Crippen LogP contribution in [0, 0.1) is 6.92 Å². The molecular formula is C21H25N. The molecule has 0 unspecified atom stereocenters. The van der Waals surface area contributed by atoms with Gasteiger partial charge in [0.15, 0.2) is 0 Å². The zero-order valence-electron chi connectivity index (χ0n) is 14.0. The molecule has 0 amide bonds. The van der Waals surface area contributed by atoms with Crippen LogP contribution in [0.1, 0.15) is 31.9 Å². The fraction of sp³-hybridized carbons (Fsp3) is 0.238. The molecule has 0 radical (unpaired) electrons. The summed E-state index contributed by atoms with van der Waals surface area (Å²) in [4.78, 5) is 0. The fourth-order valence-corrected chi connectivity index (χ4v) is 2.33. The van der Waals surface area contributed by atoms with Gasteiger partial charge in [-0.2, -0.15) is 0 Å². The van der Waals surface area contributed by atoms with Gasteiger partial charge in [0.05, 0.1) is 0 Å². The van der Waals surface area contributed by atoms with Gasteiger partial charge >= 0.3 is 0 Å². The molecule has 0 fully saturated rings. The van der Waals surface area contributed by atoms with Crippen molar-refractivity contribution in [2.45, 2.75) is 34.2 Å². The van der Waals surface area contributed by atoms with Gasteiger partial charge in [0.2, 0.25) is 0 Å². The summed E-state index contributed by atoms with van der Waals surface area (Å²) < 4.78 is 0. The lowest BCUT2D eigenvalue weighted by Crippen LogP contribution is -2.12. The molecule has 0 aliphatic carbocycles. The summed E-state index contributed by atoms with van der Waals surface area (Å²) >= 11 is 0. The monoisotopic (exact) mass is 291 g/mol. The molecule has 0 saturated carbocycles. The average Bonchev–Trinajstić information content (AvgIpc) is 2.52. The van der Waals surface area contributed by atoms with Crippen molar-refractivity contribution in [2.24, 2.45) is 0 Å². The second-order valence-electron chi connectivity index (χ2n) is 5.95. The molecule has 0 atom stereocenters. The number of nitrogens with one attached hydrogen (secondary N) is 1. The zero-order chi connectivity index (χ0) is 16.1. The van der Waals surface area contributed by atoms with E-state index < -0.39 is 0 Å². The number of benzene rings is 2. The first-order valence-electron chi connectivity index (χ1n) is 7.70. The Morgan fingerprint density at radius 2 is 1.64 bits per heavy atom. The highest BCUT2D eigenvalue weighted by Crippen LogP contribution is 2.21. The molecule has 0 heterocycles. The van der Waals surface area contributed by atoms with E-state index >= 15 is 0 Å². The van der Waals surface area contributed by atoms with Crippen molar-refractivity contribution in [2.75, 3.05) is 0 Å². The lowest BCUT2D eigenvalue weighted by Gasteiger charge is -2.11. The third-order valence-electron chi connectivity index (χ3n) is 4.07. The third kappa shape index (κ3) is 4.11. The van der Waals surface area contributed by atoms with Gasteiger partial charge in [0.25, 0.3) is 0 Å². The van der Waals surface area contributed by atoms with Gasteiger partial charge in [-0.05, 0) is 50.0 Å². The van der Waals surface area contributed by atoms with Crippen molar-refractivity contribution in [3.8, 4) is 11.1 Å². The van der Waals surface area contributed by atoms with Crippen LogP contribution in [-0.4, -0.2) is 0 Å². The van der Waals surface area contributed by atoms with Crippen LogP contribution in [0.2, 0.25) is 0 Å². The second-order valence-corrected chi connectivity index (χ2v) is 5.95. The van der Waals surface area contributed by atoms with Crippen LogP contribution in [-0.2, 0) is 6.54 Å². The number of hydrogen-bond donors (Lipinski definition) is 1. The van der Waals surface area contributed by atoms with Crippen molar-refractivity contribution in [3.63, 3.8) is 0 Å². The van der Waals surface area contributed by atoms with E-state index in [2.05, 4.69) is 81.2 Å². The predicted molar refractivity (Wildman–Crippen MR) is 96.6 cm³/mol. The van der Waals surface area contributed by atoms with Crippen LogP contribution in [0.15, 0.2) is 72.0 Å². The van der Waals surface area contributed by atoms with Crippen molar-refractivity contribution >= 4 is 0 Å². The zero-order valence-corrected chi connectivity index (χ0v) is 14.0. The van der Waals surface area contributed by atoms with E-state index in [1.165, 1.54) is 33.5 Å². The van der Waals surface area contributed by atoms with Crippen molar-refractivity contribution < 1.29 is 0 Å². The summed E-state index contributed by atoms with van der Waals surface area (Å²) in [6.45, 7) is 13.2. The van der Waals surface area contributed by atoms with E-state index in [0.717, 1.165) is 12.1 Å². The maximum Gasteiger partial charge on any atom is 0.0397 e. The van der Waals surface area contributed by atoms with E-state index in [1.54, 1.807) is 0 Å². The number of rotatable bonds is 5. The second kappa shape index (κ2) is 7.13. The van der Waals surface area contributed by atoms with E-state index in [1.807, 2.05) is 6.92 Å². The van der Waals surface area contributed by atoms with Gasteiger partial charge in [-0.3, -0.25) is 0 Å². The van der Waals surface area contributed by atoms with Gasteiger partial charge in [0.1, 0.15) is 0 Å². The average molecular weight is 291 g/mol. The van der Waals surface area contributed by atoms with Crippen LogP contribution in [0.5, 0.6) is 0 Å². The van der Waals surface area contributed by atoms with Gasteiger partial charge in [-0.1, -0.05) is 66.2 Å². The molecule has 1 heteroatoms. The van der Waals surface area contributed by atoms with E-state index in [0.29, 0.717) is 0 Å². The Balaban J connectivity index is 2.07. The lowest BCUT2D eigenvalue weighted by atomic mass is 10.0. The SMILES string of the molecule is C=C(C)/C(C)=C(\C)NCc1ccc(-c2cccc(C)c2)cc1. The van der Waals surface area contributed by atoms with Gasteiger partial charge < -0.3 is 5.32 Å². The molecule has 1 nitrogen and oxygen atoms in total. The molecule has 0 bridgehead atoms. The molecule has 1 N–H and O–H groups in total. The van der Waals surface area contributed by atoms with E-state index in [4.69, 9.17) is 0 Å². The van der Waals surface area contributed by atoms with Gasteiger partial charge in [-0.25, -0.2) is 0 Å². The van der Waals surface area contributed by atoms with Crippen molar-refractivity contribution in [1.82, 2.24) is 5.32 Å². The molecule has 0 saturated heterocycles. The minimum absolute atomic E-state index is 0.838. The Bertz CT molecular complexity index is 690. The van der Waals surface area contributed by atoms with Gasteiger partial charge in [-0.15, -0.1) is 0 Å². The van der Waals surface area contributed by atoms with Gasteiger partial charge in [0, 0.05) is 12.2 Å². The minimum atomic E-state index is 0.838. The molecule has 0 aromatic heterocycles. The Morgan fingerprint density at radius 3 is 2.23 bits per heavy atom. The molecule has 0 spiro atoms. The van der Waals surface area contributed by atoms with E-state index in [9.17, 15) is 0 Å². The van der Waals surface area contributed by atoms with E-state index in [-0.39, 0.29) is 0 Å². The molecule has 22 heavy (non-hydrogen) atoms. The highest BCUT2D eigenvalue weighted by molar-refractivity contribution is 5.64. The highest BCUT2D eigenvalue weighted by atomic mass is 14.9. The lowest BCUT2D eigenvalue weighted by molar-refractivity contribution is 0.800. The first-order chi connectivity index (χ1) is 10.5. The predicted octanol–water partition coefficient (Wildman–Crippen LogP) is 5.62. The van der Waals surface area contributed by atoms with Crippen LogP contribution in [0.25, 0.3) is 11.1 Å². The molecule has 2 rings (SSSR count). The molecule has 114 valence electrons. The number of hydrogen-bond acceptors (Lipinski definition) is 1. The fourth-order valence-electron chi connectivity index (χ4n) is 2.33. The topological polar surface area (TPSA) is 12.0 Å². The van der Waals surface area contributed by atoms with Crippen molar-refractivity contribution in [1.29, 1.82) is 0 Å². The number of allylic oxidation sites excluding steroid dienone is 3. The van der Waals surface area contributed by atoms with Crippen LogP contribution < -0.4 is 5.32 Å². The van der Waals surface area contributed by atoms with Crippen LogP contribution in [0.3, 0.4) is 0 Å². The first kappa shape index (κ1) is 16.1. The summed E-state index contributed by atoms with van der Waals surface area (Å²) in [5.74, 6) is 0. The van der Waals surface area contributed by atoms with Crippen LogP contribution in [0.4, 0.5) is 0 Å². The maximum absolute atomic E-state index is 3.99. The molecule has 2 aromatic carbocycles. The Hall–Kier alpha value is -2.28. The maximum atomic E-state index is 3.99. The summed E-state index contributed by atoms with van der Waals surface area (Å²) in [7, 11) is 0. The molecule has 0 aliphatic heterocycles. The molecular weight excluding hydrogens is 266 g/mol. The normalized spacial score (nSPS) is 11.8. The molecule has 0 aliphatic rings. The summed E-state index contributed by atoms with van der Waals surface area (Å²) in [6.07, 6.45) is 0. The smallest absolute Gasteiger partial charge is 0.0397 e. The standard InChI is InChI=1S/C21H25N/c1-15(2)17(4)18(5)22-14-19-9-11-20(12-10-19)21-8-6-7-16(3)13-21/h6-13,22H,1,14H2,2-5H3/b18-17+.